The molecule has 4 rings (SSSR count). The molecule has 0 radical (unpaired) electrons. The van der Waals surface area contributed by atoms with Gasteiger partial charge in [0.1, 0.15) is 0 Å². The van der Waals surface area contributed by atoms with Gasteiger partial charge in [-0.15, -0.1) is 0 Å². The summed E-state index contributed by atoms with van der Waals surface area (Å²) in [4.78, 5) is 19.3. The number of benzene rings is 1. The van der Waals surface area contributed by atoms with E-state index in [4.69, 9.17) is 0 Å². The van der Waals surface area contributed by atoms with Crippen molar-refractivity contribution >= 4 is 42.6 Å². The van der Waals surface area contributed by atoms with E-state index in [9.17, 15) is 13.2 Å². The van der Waals surface area contributed by atoms with Gasteiger partial charge in [0.2, 0.25) is 15.9 Å². The fraction of sp³-hybridized carbons (Fsp3) is 0.529. The van der Waals surface area contributed by atoms with Crippen LogP contribution in [0.15, 0.2) is 24.3 Å². The number of amides is 1. The van der Waals surface area contributed by atoms with Crippen molar-refractivity contribution in [1.82, 2.24) is 9.29 Å². The van der Waals surface area contributed by atoms with E-state index in [1.54, 1.807) is 23.1 Å². The fourth-order valence-corrected chi connectivity index (χ4v) is 6.52. The third-order valence-corrected chi connectivity index (χ3v) is 8.56. The summed E-state index contributed by atoms with van der Waals surface area (Å²) in [5, 5.41) is 0.194. The third kappa shape index (κ3) is 2.42. The number of fused-ring (bicyclic) bond motifs is 2. The standard InChI is InChI=1S/C17H21N3O3S2/c1-10(2)25(22,23)19-9-8-13-15(19)11(3)16(21)20(13)17-18-12-6-4-5-7-14(12)24-17/h4-7,10-11,13,15H,8-9H2,1-3H3/t11-,13-,15+/m0/s1. The van der Waals surface area contributed by atoms with Crippen LogP contribution in [0.2, 0.25) is 0 Å². The number of hydrogen-bond acceptors (Lipinski definition) is 5. The van der Waals surface area contributed by atoms with E-state index in [0.29, 0.717) is 18.1 Å². The zero-order valence-electron chi connectivity index (χ0n) is 14.4. The Morgan fingerprint density at radius 1 is 1.28 bits per heavy atom. The van der Waals surface area contributed by atoms with Gasteiger partial charge in [0.15, 0.2) is 5.13 Å². The minimum absolute atomic E-state index is 0.0299. The Labute approximate surface area is 151 Å². The summed E-state index contributed by atoms with van der Waals surface area (Å²) in [6.45, 7) is 5.68. The highest BCUT2D eigenvalue weighted by atomic mass is 32.2. The zero-order chi connectivity index (χ0) is 17.9. The molecule has 3 heterocycles. The molecule has 2 aliphatic rings. The average molecular weight is 380 g/mol. The SMILES string of the molecule is CC(C)S(=O)(=O)N1CC[C@H]2[C@H]1[C@H](C)C(=O)N2c1nc2ccccc2s1. The number of anilines is 1. The lowest BCUT2D eigenvalue weighted by molar-refractivity contribution is -0.120. The van der Waals surface area contributed by atoms with Gasteiger partial charge in [0, 0.05) is 6.54 Å². The molecule has 134 valence electrons. The van der Waals surface area contributed by atoms with Gasteiger partial charge in [-0.1, -0.05) is 30.4 Å². The number of nitrogens with zero attached hydrogens (tertiary/aromatic N) is 3. The lowest BCUT2D eigenvalue weighted by Crippen LogP contribution is -2.44. The smallest absolute Gasteiger partial charge is 0.233 e. The highest BCUT2D eigenvalue weighted by Crippen LogP contribution is 2.43. The minimum Gasteiger partial charge on any atom is -0.283 e. The summed E-state index contributed by atoms with van der Waals surface area (Å²) in [7, 11) is -3.38. The first-order chi connectivity index (χ1) is 11.8. The van der Waals surface area contributed by atoms with E-state index in [1.165, 1.54) is 11.3 Å². The van der Waals surface area contributed by atoms with Crippen LogP contribution >= 0.6 is 11.3 Å². The van der Waals surface area contributed by atoms with Crippen LogP contribution in [0, 0.1) is 5.92 Å². The molecule has 0 aliphatic carbocycles. The van der Waals surface area contributed by atoms with Crippen LogP contribution in [0.3, 0.4) is 0 Å². The predicted octanol–water partition coefficient (Wildman–Crippen LogP) is 2.46. The molecule has 0 bridgehead atoms. The van der Waals surface area contributed by atoms with Gasteiger partial charge < -0.3 is 0 Å². The van der Waals surface area contributed by atoms with Crippen LogP contribution in [0.25, 0.3) is 10.2 Å². The van der Waals surface area contributed by atoms with Crippen molar-refractivity contribution in [3.05, 3.63) is 24.3 Å². The van der Waals surface area contributed by atoms with E-state index in [-0.39, 0.29) is 23.9 Å². The maximum atomic E-state index is 12.9. The van der Waals surface area contributed by atoms with Crippen molar-refractivity contribution < 1.29 is 13.2 Å². The Bertz CT molecular complexity index is 905. The van der Waals surface area contributed by atoms with Gasteiger partial charge in [-0.3, -0.25) is 9.69 Å². The fourth-order valence-electron chi connectivity index (χ4n) is 3.93. The van der Waals surface area contributed by atoms with Crippen LogP contribution in [0.5, 0.6) is 0 Å². The van der Waals surface area contributed by atoms with Crippen molar-refractivity contribution in [3.63, 3.8) is 0 Å². The minimum atomic E-state index is -3.38. The van der Waals surface area contributed by atoms with E-state index < -0.39 is 15.3 Å². The second-order valence-corrected chi connectivity index (χ2v) is 10.5. The average Bonchev–Trinajstić information content (AvgIpc) is 3.23. The van der Waals surface area contributed by atoms with Crippen LogP contribution < -0.4 is 4.90 Å². The van der Waals surface area contributed by atoms with Crippen LogP contribution in [-0.4, -0.2) is 47.5 Å². The first kappa shape index (κ1) is 16.9. The summed E-state index contributed by atoms with van der Waals surface area (Å²) < 4.78 is 28.0. The molecule has 8 heteroatoms. The molecule has 0 saturated carbocycles. The zero-order valence-corrected chi connectivity index (χ0v) is 16.0. The molecule has 1 aromatic heterocycles. The molecule has 6 nitrogen and oxygen atoms in total. The van der Waals surface area contributed by atoms with Crippen molar-refractivity contribution in [2.75, 3.05) is 11.4 Å². The molecule has 2 saturated heterocycles. The van der Waals surface area contributed by atoms with E-state index in [1.807, 2.05) is 31.2 Å². The van der Waals surface area contributed by atoms with Gasteiger partial charge in [0.25, 0.3) is 0 Å². The number of hydrogen-bond donors (Lipinski definition) is 0. The van der Waals surface area contributed by atoms with E-state index in [0.717, 1.165) is 10.2 Å². The molecule has 1 aromatic carbocycles. The molecule has 0 spiro atoms. The summed E-state index contributed by atoms with van der Waals surface area (Å²) in [5.74, 6) is -0.384. The summed E-state index contributed by atoms with van der Waals surface area (Å²) in [5.41, 5.74) is 0.871. The first-order valence-electron chi connectivity index (χ1n) is 8.51. The Morgan fingerprint density at radius 3 is 2.68 bits per heavy atom. The number of rotatable bonds is 3. The van der Waals surface area contributed by atoms with Crippen LogP contribution in [-0.2, 0) is 14.8 Å². The topological polar surface area (TPSA) is 70.6 Å². The Balaban J connectivity index is 1.74. The maximum absolute atomic E-state index is 12.9. The van der Waals surface area contributed by atoms with Crippen LogP contribution in [0.1, 0.15) is 27.2 Å². The highest BCUT2D eigenvalue weighted by molar-refractivity contribution is 7.89. The van der Waals surface area contributed by atoms with Gasteiger partial charge >= 0.3 is 0 Å². The number of carbonyl (C=O) groups is 1. The lowest BCUT2D eigenvalue weighted by Gasteiger charge is -2.27. The lowest BCUT2D eigenvalue weighted by atomic mass is 10.0. The monoisotopic (exact) mass is 379 g/mol. The highest BCUT2D eigenvalue weighted by Gasteiger charge is 2.56. The van der Waals surface area contributed by atoms with Gasteiger partial charge in [-0.05, 0) is 32.4 Å². The molecule has 25 heavy (non-hydrogen) atoms. The van der Waals surface area contributed by atoms with Crippen LogP contribution in [0.4, 0.5) is 5.13 Å². The Kier molecular flexibility index (Phi) is 3.90. The molecular formula is C17H21N3O3S2. The largest absolute Gasteiger partial charge is 0.283 e. The second kappa shape index (κ2) is 5.75. The molecule has 2 aliphatic heterocycles. The number of thiazole rings is 1. The van der Waals surface area contributed by atoms with Crippen molar-refractivity contribution in [2.45, 2.75) is 44.5 Å². The van der Waals surface area contributed by atoms with Crippen molar-refractivity contribution in [2.24, 2.45) is 5.92 Å². The Morgan fingerprint density at radius 2 is 2.00 bits per heavy atom. The van der Waals surface area contributed by atoms with Gasteiger partial charge in [0.05, 0.1) is 33.5 Å². The number of sulfonamides is 1. The van der Waals surface area contributed by atoms with Gasteiger partial charge in [-0.2, -0.15) is 4.31 Å². The molecule has 0 N–H and O–H groups in total. The number of para-hydroxylation sites is 1. The summed E-state index contributed by atoms with van der Waals surface area (Å²) in [6.07, 6.45) is 0.655. The third-order valence-electron chi connectivity index (χ3n) is 5.25. The van der Waals surface area contributed by atoms with Crippen molar-refractivity contribution in [3.8, 4) is 0 Å². The maximum Gasteiger partial charge on any atom is 0.233 e. The number of aromatic nitrogens is 1. The summed E-state index contributed by atoms with van der Waals surface area (Å²) in [6, 6.07) is 7.37. The second-order valence-electron chi connectivity index (χ2n) is 7.01. The molecule has 2 aromatic rings. The van der Waals surface area contributed by atoms with Crippen molar-refractivity contribution in [1.29, 1.82) is 0 Å². The van der Waals surface area contributed by atoms with Gasteiger partial charge in [-0.25, -0.2) is 13.4 Å². The van der Waals surface area contributed by atoms with E-state index in [2.05, 4.69) is 4.98 Å². The first-order valence-corrected chi connectivity index (χ1v) is 10.8. The molecule has 0 unspecified atom stereocenters. The molecular weight excluding hydrogens is 358 g/mol. The normalized spacial score (nSPS) is 27.6. The Hall–Kier alpha value is -1.51. The quantitative estimate of drug-likeness (QED) is 0.821. The summed E-state index contributed by atoms with van der Waals surface area (Å²) >= 11 is 1.49. The van der Waals surface area contributed by atoms with E-state index >= 15 is 0 Å². The molecule has 3 atom stereocenters. The predicted molar refractivity (Wildman–Crippen MR) is 99.2 cm³/mol. The number of carbonyl (C=O) groups excluding carboxylic acids is 1. The molecule has 1 amide bonds. The molecule has 2 fully saturated rings.